The van der Waals surface area contributed by atoms with E-state index in [0.717, 1.165) is 39.1 Å². The number of imidazole rings is 1. The number of fused-ring (bicyclic) bond motifs is 2. The Morgan fingerprint density at radius 1 is 1.12 bits per heavy atom. The number of aromatic hydroxyl groups is 1. The van der Waals surface area contributed by atoms with Crippen molar-refractivity contribution in [3.63, 3.8) is 0 Å². The molecular formula is C27H28N4O2. The molecule has 0 saturated heterocycles. The van der Waals surface area contributed by atoms with Crippen molar-refractivity contribution in [2.24, 2.45) is 5.73 Å². The summed E-state index contributed by atoms with van der Waals surface area (Å²) in [6.45, 7) is 4.37. The van der Waals surface area contributed by atoms with E-state index in [4.69, 9.17) is 10.7 Å². The monoisotopic (exact) mass is 440 g/mol. The fourth-order valence-electron chi connectivity index (χ4n) is 4.94. The number of hydrogen-bond donors (Lipinski definition) is 3. The van der Waals surface area contributed by atoms with Gasteiger partial charge < -0.3 is 20.7 Å². The summed E-state index contributed by atoms with van der Waals surface area (Å²) < 4.78 is 0. The molecule has 4 N–H and O–H groups in total. The van der Waals surface area contributed by atoms with Crippen LogP contribution in [0.1, 0.15) is 39.7 Å². The lowest BCUT2D eigenvalue weighted by Crippen LogP contribution is -2.48. The number of H-pyrrole nitrogens is 1. The molecule has 4 aromatic rings. The highest BCUT2D eigenvalue weighted by Gasteiger charge is 2.35. The number of nitrogens with two attached hydrogens (primary N) is 1. The summed E-state index contributed by atoms with van der Waals surface area (Å²) in [5.74, 6) is 0.913. The molecular weight excluding hydrogens is 412 g/mol. The number of nitrogens with zero attached hydrogens (tertiary/aromatic N) is 2. The number of carbonyl (C=O) groups excluding carboxylic acids is 1. The van der Waals surface area contributed by atoms with Crippen LogP contribution in [0.5, 0.6) is 5.75 Å². The Bertz CT molecular complexity index is 1290. The predicted octanol–water partition coefficient (Wildman–Crippen LogP) is 4.08. The van der Waals surface area contributed by atoms with Crippen molar-refractivity contribution in [1.29, 1.82) is 0 Å². The van der Waals surface area contributed by atoms with Crippen LogP contribution in [0, 0.1) is 13.8 Å². The van der Waals surface area contributed by atoms with Gasteiger partial charge in [-0.2, -0.15) is 0 Å². The largest absolute Gasteiger partial charge is 0.508 e. The molecule has 1 aromatic heterocycles. The van der Waals surface area contributed by atoms with Crippen LogP contribution in [0.25, 0.3) is 11.0 Å². The summed E-state index contributed by atoms with van der Waals surface area (Å²) in [5, 5.41) is 9.86. The maximum Gasteiger partial charge on any atom is 0.240 e. The van der Waals surface area contributed by atoms with E-state index >= 15 is 0 Å². The predicted molar refractivity (Wildman–Crippen MR) is 129 cm³/mol. The minimum absolute atomic E-state index is 0.0955. The Balaban J connectivity index is 1.48. The average molecular weight is 441 g/mol. The number of aryl methyl sites for hydroxylation is 2. The second kappa shape index (κ2) is 8.37. The maximum atomic E-state index is 13.7. The standard InChI is InChI=1S/C27H28N4O2/c1-16-11-20(32)12-17(2)21(16)14-22(28)27(33)31-15-19-8-4-3-7-18(19)13-25(31)26-29-23-9-5-6-10-24(23)30-26/h3-12,22,25,32H,13-15,28H2,1-2H3,(H,29,30)/t22-,25-/m0/s1. The first kappa shape index (κ1) is 21.2. The number of rotatable bonds is 4. The molecule has 6 heteroatoms. The van der Waals surface area contributed by atoms with Gasteiger partial charge in [-0.3, -0.25) is 4.79 Å². The molecule has 0 radical (unpaired) electrons. The summed E-state index contributed by atoms with van der Waals surface area (Å²) >= 11 is 0. The molecule has 6 nitrogen and oxygen atoms in total. The zero-order valence-corrected chi connectivity index (χ0v) is 18.9. The molecule has 33 heavy (non-hydrogen) atoms. The Hall–Kier alpha value is -3.64. The zero-order chi connectivity index (χ0) is 23.1. The fraction of sp³-hybridized carbons (Fsp3) is 0.259. The Kier molecular flexibility index (Phi) is 5.38. The van der Waals surface area contributed by atoms with E-state index in [-0.39, 0.29) is 17.7 Å². The third-order valence-corrected chi connectivity index (χ3v) is 6.68. The minimum atomic E-state index is -0.691. The molecule has 2 atom stereocenters. The third kappa shape index (κ3) is 3.98. The van der Waals surface area contributed by atoms with E-state index in [2.05, 4.69) is 17.1 Å². The van der Waals surface area contributed by atoms with Crippen LogP contribution >= 0.6 is 0 Å². The van der Waals surface area contributed by atoms with Crippen LogP contribution in [-0.4, -0.2) is 31.9 Å². The van der Waals surface area contributed by atoms with Gasteiger partial charge in [-0.1, -0.05) is 36.4 Å². The molecule has 0 unspecified atom stereocenters. The van der Waals surface area contributed by atoms with Crippen LogP contribution in [0.3, 0.4) is 0 Å². The highest BCUT2D eigenvalue weighted by molar-refractivity contribution is 5.83. The molecule has 0 aliphatic carbocycles. The van der Waals surface area contributed by atoms with E-state index in [1.807, 2.05) is 55.1 Å². The van der Waals surface area contributed by atoms with Crippen molar-refractivity contribution < 1.29 is 9.90 Å². The lowest BCUT2D eigenvalue weighted by molar-refractivity contribution is -0.136. The minimum Gasteiger partial charge on any atom is -0.508 e. The molecule has 1 amide bonds. The van der Waals surface area contributed by atoms with Crippen LogP contribution in [0.2, 0.25) is 0 Å². The van der Waals surface area contributed by atoms with Gasteiger partial charge >= 0.3 is 0 Å². The maximum absolute atomic E-state index is 13.7. The van der Waals surface area contributed by atoms with Gasteiger partial charge in [-0.05, 0) is 72.4 Å². The number of carbonyl (C=O) groups is 1. The Morgan fingerprint density at radius 3 is 2.52 bits per heavy atom. The topological polar surface area (TPSA) is 95.2 Å². The van der Waals surface area contributed by atoms with E-state index < -0.39 is 6.04 Å². The van der Waals surface area contributed by atoms with Gasteiger partial charge in [0, 0.05) is 13.0 Å². The van der Waals surface area contributed by atoms with Crippen LogP contribution in [0.4, 0.5) is 0 Å². The van der Waals surface area contributed by atoms with Gasteiger partial charge in [0.05, 0.1) is 23.1 Å². The molecule has 3 aromatic carbocycles. The molecule has 1 aliphatic rings. The first-order chi connectivity index (χ1) is 15.9. The molecule has 0 fully saturated rings. The van der Waals surface area contributed by atoms with Crippen molar-refractivity contribution in [3.8, 4) is 5.75 Å². The molecule has 2 heterocycles. The number of aromatic amines is 1. The number of hydrogen-bond acceptors (Lipinski definition) is 4. The summed E-state index contributed by atoms with van der Waals surface area (Å²) in [6.07, 6.45) is 1.10. The number of aromatic nitrogens is 2. The summed E-state index contributed by atoms with van der Waals surface area (Å²) in [4.78, 5) is 23.8. The Morgan fingerprint density at radius 2 is 1.79 bits per heavy atom. The number of benzene rings is 3. The van der Waals surface area contributed by atoms with E-state index in [9.17, 15) is 9.90 Å². The van der Waals surface area contributed by atoms with Gasteiger partial charge in [0.15, 0.2) is 0 Å². The molecule has 0 bridgehead atoms. The Labute approximate surface area is 193 Å². The summed E-state index contributed by atoms with van der Waals surface area (Å²) in [7, 11) is 0. The molecule has 5 rings (SSSR count). The normalized spacial score (nSPS) is 16.6. The van der Waals surface area contributed by atoms with Crippen molar-refractivity contribution in [2.75, 3.05) is 0 Å². The number of amides is 1. The van der Waals surface area contributed by atoms with Gasteiger partial charge in [-0.15, -0.1) is 0 Å². The number of phenolic OH excluding ortho intramolecular Hbond substituents is 1. The van der Waals surface area contributed by atoms with Crippen molar-refractivity contribution in [3.05, 3.63) is 94.3 Å². The third-order valence-electron chi connectivity index (χ3n) is 6.68. The summed E-state index contributed by atoms with van der Waals surface area (Å²) in [6, 6.07) is 18.7. The van der Waals surface area contributed by atoms with E-state index in [1.165, 1.54) is 5.56 Å². The smallest absolute Gasteiger partial charge is 0.240 e. The van der Waals surface area contributed by atoms with Gasteiger partial charge in [0.2, 0.25) is 5.91 Å². The van der Waals surface area contributed by atoms with Crippen molar-refractivity contribution >= 4 is 16.9 Å². The molecule has 0 saturated carbocycles. The van der Waals surface area contributed by atoms with Crippen molar-refractivity contribution in [1.82, 2.24) is 14.9 Å². The fourth-order valence-corrected chi connectivity index (χ4v) is 4.94. The van der Waals surface area contributed by atoms with Crippen LogP contribution in [0.15, 0.2) is 60.7 Å². The second-order valence-electron chi connectivity index (χ2n) is 8.96. The lowest BCUT2D eigenvalue weighted by Gasteiger charge is -2.37. The first-order valence-electron chi connectivity index (χ1n) is 11.3. The van der Waals surface area contributed by atoms with Gasteiger partial charge in [-0.25, -0.2) is 4.98 Å². The quantitative estimate of drug-likeness (QED) is 0.446. The van der Waals surface area contributed by atoms with E-state index in [0.29, 0.717) is 19.4 Å². The first-order valence-corrected chi connectivity index (χ1v) is 11.3. The van der Waals surface area contributed by atoms with Crippen molar-refractivity contribution in [2.45, 2.75) is 45.3 Å². The van der Waals surface area contributed by atoms with E-state index in [1.54, 1.807) is 12.1 Å². The zero-order valence-electron chi connectivity index (χ0n) is 18.9. The average Bonchev–Trinajstić information content (AvgIpc) is 3.24. The van der Waals surface area contributed by atoms with Crippen LogP contribution in [-0.2, 0) is 24.2 Å². The molecule has 1 aliphatic heterocycles. The molecule has 0 spiro atoms. The SMILES string of the molecule is Cc1cc(O)cc(C)c1C[C@H](N)C(=O)N1Cc2ccccc2C[C@H]1c1nc2ccccc2[nH]1. The second-order valence-corrected chi connectivity index (χ2v) is 8.96. The lowest BCUT2D eigenvalue weighted by atomic mass is 9.91. The highest BCUT2D eigenvalue weighted by Crippen LogP contribution is 2.34. The summed E-state index contributed by atoms with van der Waals surface area (Å²) in [5.41, 5.74) is 13.6. The van der Waals surface area contributed by atoms with Gasteiger partial charge in [0.25, 0.3) is 0 Å². The number of nitrogens with one attached hydrogen (secondary N) is 1. The molecule has 168 valence electrons. The highest BCUT2D eigenvalue weighted by atomic mass is 16.3. The number of para-hydroxylation sites is 2. The number of phenols is 1. The van der Waals surface area contributed by atoms with Gasteiger partial charge in [0.1, 0.15) is 11.6 Å². The van der Waals surface area contributed by atoms with Crippen LogP contribution < -0.4 is 5.73 Å².